The van der Waals surface area contributed by atoms with Crippen molar-refractivity contribution in [2.45, 2.75) is 11.3 Å². The number of hydrogen-bond donors (Lipinski definition) is 0. The van der Waals surface area contributed by atoms with Crippen LogP contribution in [0.5, 0.6) is 0 Å². The summed E-state index contributed by atoms with van der Waals surface area (Å²) in [5.74, 6) is 0.592. The van der Waals surface area contributed by atoms with Crippen LogP contribution >= 0.6 is 11.8 Å². The van der Waals surface area contributed by atoms with Gasteiger partial charge in [-0.25, -0.2) is 4.39 Å². The van der Waals surface area contributed by atoms with Crippen LogP contribution in [-0.2, 0) is 0 Å². The molecule has 3 aromatic rings. The van der Waals surface area contributed by atoms with Crippen LogP contribution in [-0.4, -0.2) is 11.5 Å². The molecule has 1 nitrogen and oxygen atoms in total. The smallest absolute Gasteiger partial charge is 0.163 e. The number of hydrogen-bond acceptors (Lipinski definition) is 2. The second-order valence-corrected chi connectivity index (χ2v) is 6.21. The fourth-order valence-electron chi connectivity index (χ4n) is 2.30. The normalized spacial score (nSPS) is 10.8. The quantitative estimate of drug-likeness (QED) is 0.467. The van der Waals surface area contributed by atoms with Gasteiger partial charge in [-0.05, 0) is 41.1 Å². The number of thioether (sulfide) groups is 1. The molecular weight excluding hydrogens is 295 g/mol. The Morgan fingerprint density at radius 2 is 1.64 bits per heavy atom. The molecule has 0 saturated heterocycles. The number of rotatable bonds is 5. The molecule has 0 N–H and O–H groups in total. The fraction of sp³-hybridized carbons (Fsp3) is 0.105. The maximum atomic E-state index is 12.8. The van der Waals surface area contributed by atoms with Crippen molar-refractivity contribution in [1.29, 1.82) is 0 Å². The summed E-state index contributed by atoms with van der Waals surface area (Å²) in [7, 11) is 0. The van der Waals surface area contributed by atoms with Gasteiger partial charge in [0.15, 0.2) is 5.78 Å². The first-order valence-electron chi connectivity index (χ1n) is 7.13. The Bertz CT molecular complexity index is 796. The average Bonchev–Trinajstić information content (AvgIpc) is 2.56. The minimum Gasteiger partial charge on any atom is -0.294 e. The zero-order valence-corrected chi connectivity index (χ0v) is 12.8. The van der Waals surface area contributed by atoms with E-state index in [1.54, 1.807) is 23.9 Å². The second kappa shape index (κ2) is 6.75. The SMILES string of the molecule is O=C(CCSc1ccc(F)cc1)c1ccc2ccccc2c1. The van der Waals surface area contributed by atoms with Crippen molar-refractivity contribution in [3.8, 4) is 0 Å². The highest BCUT2D eigenvalue weighted by Gasteiger charge is 2.07. The van der Waals surface area contributed by atoms with Crippen LogP contribution in [0.15, 0.2) is 71.6 Å². The third-order valence-electron chi connectivity index (χ3n) is 3.48. The molecule has 0 unspecified atom stereocenters. The van der Waals surface area contributed by atoms with Crippen LogP contribution < -0.4 is 0 Å². The van der Waals surface area contributed by atoms with Crippen molar-refractivity contribution < 1.29 is 9.18 Å². The molecule has 3 heteroatoms. The predicted molar refractivity (Wildman–Crippen MR) is 90.0 cm³/mol. The number of carbonyl (C=O) groups excluding carboxylic acids is 1. The van der Waals surface area contributed by atoms with Crippen molar-refractivity contribution in [3.05, 3.63) is 78.1 Å². The van der Waals surface area contributed by atoms with E-state index < -0.39 is 0 Å². The second-order valence-electron chi connectivity index (χ2n) is 5.04. The summed E-state index contributed by atoms with van der Waals surface area (Å²) in [6.45, 7) is 0. The highest BCUT2D eigenvalue weighted by Crippen LogP contribution is 2.21. The molecule has 0 bridgehead atoms. The first-order chi connectivity index (χ1) is 10.7. The Morgan fingerprint density at radius 3 is 2.41 bits per heavy atom. The lowest BCUT2D eigenvalue weighted by molar-refractivity contribution is 0.0989. The summed E-state index contributed by atoms with van der Waals surface area (Å²) >= 11 is 1.57. The number of halogens is 1. The van der Waals surface area contributed by atoms with E-state index in [0.29, 0.717) is 12.2 Å². The minimum atomic E-state index is -0.239. The van der Waals surface area contributed by atoms with Gasteiger partial charge in [0.05, 0.1) is 0 Å². The third kappa shape index (κ3) is 3.55. The van der Waals surface area contributed by atoms with Gasteiger partial charge in [-0.2, -0.15) is 0 Å². The highest BCUT2D eigenvalue weighted by molar-refractivity contribution is 7.99. The molecule has 110 valence electrons. The van der Waals surface area contributed by atoms with Crippen molar-refractivity contribution in [1.82, 2.24) is 0 Å². The molecule has 0 amide bonds. The third-order valence-corrected chi connectivity index (χ3v) is 4.50. The lowest BCUT2D eigenvalue weighted by Crippen LogP contribution is -2.00. The largest absolute Gasteiger partial charge is 0.294 e. The van der Waals surface area contributed by atoms with Gasteiger partial charge < -0.3 is 0 Å². The van der Waals surface area contributed by atoms with E-state index in [9.17, 15) is 9.18 Å². The van der Waals surface area contributed by atoms with Crippen molar-refractivity contribution >= 4 is 28.3 Å². The maximum absolute atomic E-state index is 12.8. The van der Waals surface area contributed by atoms with Gasteiger partial charge in [0.1, 0.15) is 5.82 Å². The van der Waals surface area contributed by atoms with Crippen LogP contribution in [0.1, 0.15) is 16.8 Å². The first-order valence-corrected chi connectivity index (χ1v) is 8.11. The Hall–Kier alpha value is -2.13. The van der Waals surface area contributed by atoms with Crippen LogP contribution in [0.2, 0.25) is 0 Å². The number of benzene rings is 3. The molecule has 0 radical (unpaired) electrons. The zero-order valence-electron chi connectivity index (χ0n) is 12.0. The maximum Gasteiger partial charge on any atom is 0.163 e. The van der Waals surface area contributed by atoms with Crippen molar-refractivity contribution in [2.24, 2.45) is 0 Å². The van der Waals surface area contributed by atoms with E-state index in [1.807, 2.05) is 42.5 Å². The molecule has 0 saturated carbocycles. The van der Waals surface area contributed by atoms with E-state index in [-0.39, 0.29) is 11.6 Å². The van der Waals surface area contributed by atoms with Gasteiger partial charge in [0, 0.05) is 22.6 Å². The van der Waals surface area contributed by atoms with E-state index in [1.165, 1.54) is 12.1 Å². The molecular formula is C19H15FOS. The average molecular weight is 310 g/mol. The van der Waals surface area contributed by atoms with Crippen LogP contribution in [0, 0.1) is 5.82 Å². The van der Waals surface area contributed by atoms with Gasteiger partial charge in [-0.15, -0.1) is 11.8 Å². The lowest BCUT2D eigenvalue weighted by Gasteiger charge is -2.04. The number of carbonyl (C=O) groups is 1. The van der Waals surface area contributed by atoms with Crippen molar-refractivity contribution in [2.75, 3.05) is 5.75 Å². The summed E-state index contributed by atoms with van der Waals surface area (Å²) < 4.78 is 12.8. The summed E-state index contributed by atoms with van der Waals surface area (Å²) in [6, 6.07) is 20.2. The monoisotopic (exact) mass is 310 g/mol. The van der Waals surface area contributed by atoms with E-state index >= 15 is 0 Å². The van der Waals surface area contributed by atoms with E-state index in [4.69, 9.17) is 0 Å². The summed E-state index contributed by atoms with van der Waals surface area (Å²) in [4.78, 5) is 13.2. The number of Topliss-reactive ketones (excluding diaryl/α,β-unsaturated/α-hetero) is 1. The predicted octanol–water partition coefficient (Wildman–Crippen LogP) is 5.34. The molecule has 0 aliphatic carbocycles. The fourth-order valence-corrected chi connectivity index (χ4v) is 3.15. The molecule has 0 spiro atoms. The van der Waals surface area contributed by atoms with Crippen molar-refractivity contribution in [3.63, 3.8) is 0 Å². The van der Waals surface area contributed by atoms with Gasteiger partial charge in [-0.3, -0.25) is 4.79 Å². The van der Waals surface area contributed by atoms with Gasteiger partial charge in [0.2, 0.25) is 0 Å². The summed E-state index contributed by atoms with van der Waals surface area (Å²) in [5, 5.41) is 2.22. The standard InChI is InChI=1S/C19H15FOS/c20-17-7-9-18(10-8-17)22-12-11-19(21)16-6-5-14-3-1-2-4-15(14)13-16/h1-10,13H,11-12H2. The highest BCUT2D eigenvalue weighted by atomic mass is 32.2. The minimum absolute atomic E-state index is 0.139. The molecule has 22 heavy (non-hydrogen) atoms. The van der Waals surface area contributed by atoms with Crippen LogP contribution in [0.3, 0.4) is 0 Å². The number of fused-ring (bicyclic) bond motifs is 1. The Balaban J connectivity index is 1.62. The molecule has 0 aliphatic rings. The topological polar surface area (TPSA) is 17.1 Å². The lowest BCUT2D eigenvalue weighted by atomic mass is 10.0. The molecule has 3 rings (SSSR count). The zero-order chi connectivity index (χ0) is 15.4. The van der Waals surface area contributed by atoms with E-state index in [2.05, 4.69) is 0 Å². The first kappa shape index (κ1) is 14.8. The molecule has 3 aromatic carbocycles. The van der Waals surface area contributed by atoms with Gasteiger partial charge >= 0.3 is 0 Å². The molecule has 0 fully saturated rings. The Morgan fingerprint density at radius 1 is 0.909 bits per heavy atom. The molecule has 0 atom stereocenters. The Kier molecular flexibility index (Phi) is 4.54. The number of ketones is 1. The van der Waals surface area contributed by atoms with Gasteiger partial charge in [0.25, 0.3) is 0 Å². The van der Waals surface area contributed by atoms with Crippen LogP contribution in [0.4, 0.5) is 4.39 Å². The molecule has 0 aromatic heterocycles. The molecule has 0 heterocycles. The van der Waals surface area contributed by atoms with E-state index in [0.717, 1.165) is 21.2 Å². The Labute approximate surface area is 133 Å². The molecule has 0 aliphatic heterocycles. The van der Waals surface area contributed by atoms with Crippen LogP contribution in [0.25, 0.3) is 10.8 Å². The van der Waals surface area contributed by atoms with Gasteiger partial charge in [-0.1, -0.05) is 36.4 Å². The summed E-state index contributed by atoms with van der Waals surface area (Å²) in [6.07, 6.45) is 0.473. The summed E-state index contributed by atoms with van der Waals surface area (Å²) in [5.41, 5.74) is 0.749.